The Morgan fingerprint density at radius 3 is 2.45 bits per heavy atom. The number of ether oxygens (including phenoxy) is 1. The Morgan fingerprint density at radius 2 is 1.77 bits per heavy atom. The maximum Gasteiger partial charge on any atom is 0.338 e. The van der Waals surface area contributed by atoms with Crippen LogP contribution in [-0.2, 0) is 16.1 Å². The molecule has 1 N–H and O–H groups in total. The maximum atomic E-state index is 11.8. The number of nitrogens with one attached hydrogen (secondary N) is 1. The Hall–Kier alpha value is -2.33. The first-order valence-corrected chi connectivity index (χ1v) is 7.18. The van der Waals surface area contributed by atoms with Crippen LogP contribution < -0.4 is 5.32 Å². The summed E-state index contributed by atoms with van der Waals surface area (Å²) < 4.78 is 4.96. The van der Waals surface area contributed by atoms with Gasteiger partial charge in [-0.15, -0.1) is 0 Å². The summed E-state index contributed by atoms with van der Waals surface area (Å²) in [6, 6.07) is 14.2. The van der Waals surface area contributed by atoms with Gasteiger partial charge >= 0.3 is 5.97 Å². The molecule has 1 amide bonds. The molecular formula is C17H16ClNO3. The van der Waals surface area contributed by atoms with Crippen molar-refractivity contribution in [3.8, 4) is 0 Å². The van der Waals surface area contributed by atoms with Crippen LogP contribution in [0.3, 0.4) is 0 Å². The summed E-state index contributed by atoms with van der Waals surface area (Å²) in [5, 5.41) is 3.24. The lowest BCUT2D eigenvalue weighted by molar-refractivity contribution is -0.124. The summed E-state index contributed by atoms with van der Waals surface area (Å²) in [6.45, 7) is 1.90. The second-order valence-electron chi connectivity index (χ2n) is 4.81. The minimum absolute atomic E-state index is 0.292. The molecule has 0 spiro atoms. The van der Waals surface area contributed by atoms with E-state index in [9.17, 15) is 9.59 Å². The van der Waals surface area contributed by atoms with Crippen LogP contribution in [0.25, 0.3) is 0 Å². The zero-order valence-corrected chi connectivity index (χ0v) is 12.9. The van der Waals surface area contributed by atoms with Gasteiger partial charge in [-0.05, 0) is 30.7 Å². The third kappa shape index (κ3) is 4.60. The van der Waals surface area contributed by atoms with E-state index < -0.39 is 5.97 Å². The van der Waals surface area contributed by atoms with Crippen LogP contribution in [0.2, 0.25) is 5.02 Å². The third-order valence-corrected chi connectivity index (χ3v) is 3.42. The number of rotatable bonds is 5. The van der Waals surface area contributed by atoms with Gasteiger partial charge in [0.2, 0.25) is 0 Å². The molecule has 5 heteroatoms. The van der Waals surface area contributed by atoms with Gasteiger partial charge in [0.05, 0.1) is 5.56 Å². The summed E-state index contributed by atoms with van der Waals surface area (Å²) >= 11 is 5.99. The van der Waals surface area contributed by atoms with E-state index in [0.717, 1.165) is 11.1 Å². The molecule has 0 fully saturated rings. The van der Waals surface area contributed by atoms with Gasteiger partial charge in [-0.2, -0.15) is 0 Å². The van der Waals surface area contributed by atoms with Gasteiger partial charge in [0.15, 0.2) is 6.61 Å². The molecule has 0 radical (unpaired) electrons. The molecule has 4 nitrogen and oxygen atoms in total. The van der Waals surface area contributed by atoms with E-state index in [0.29, 0.717) is 17.1 Å². The molecule has 0 unspecified atom stereocenters. The van der Waals surface area contributed by atoms with Gasteiger partial charge in [0, 0.05) is 11.6 Å². The van der Waals surface area contributed by atoms with E-state index in [1.165, 1.54) is 0 Å². The second-order valence-corrected chi connectivity index (χ2v) is 5.22. The fraction of sp³-hybridized carbons (Fsp3) is 0.176. The van der Waals surface area contributed by atoms with Gasteiger partial charge in [-0.25, -0.2) is 4.79 Å². The fourth-order valence-electron chi connectivity index (χ4n) is 1.79. The van der Waals surface area contributed by atoms with E-state index in [2.05, 4.69) is 5.32 Å². The Kier molecular flexibility index (Phi) is 5.55. The van der Waals surface area contributed by atoms with E-state index in [4.69, 9.17) is 16.3 Å². The molecule has 0 bridgehead atoms. The highest BCUT2D eigenvalue weighted by Gasteiger charge is 2.10. The summed E-state index contributed by atoms with van der Waals surface area (Å²) in [4.78, 5) is 23.5. The van der Waals surface area contributed by atoms with Crippen molar-refractivity contribution in [2.45, 2.75) is 13.5 Å². The third-order valence-electron chi connectivity index (χ3n) is 3.06. The lowest BCUT2D eigenvalue weighted by Gasteiger charge is -2.08. The normalized spacial score (nSPS) is 10.1. The van der Waals surface area contributed by atoms with Gasteiger partial charge in [0.1, 0.15) is 0 Å². The van der Waals surface area contributed by atoms with Crippen molar-refractivity contribution in [3.05, 3.63) is 70.2 Å². The number of aryl methyl sites for hydroxylation is 1. The van der Waals surface area contributed by atoms with E-state index in [1.54, 1.807) is 18.2 Å². The quantitative estimate of drug-likeness (QED) is 0.862. The van der Waals surface area contributed by atoms with Gasteiger partial charge < -0.3 is 10.1 Å². The minimum atomic E-state index is -0.520. The summed E-state index contributed by atoms with van der Waals surface area (Å²) in [7, 11) is 0. The molecule has 0 aliphatic carbocycles. The van der Waals surface area contributed by atoms with Crippen molar-refractivity contribution in [3.63, 3.8) is 0 Å². The van der Waals surface area contributed by atoms with Crippen LogP contribution in [0.15, 0.2) is 48.5 Å². The number of hydrogen-bond acceptors (Lipinski definition) is 3. The molecular weight excluding hydrogens is 302 g/mol. The zero-order valence-electron chi connectivity index (χ0n) is 12.1. The van der Waals surface area contributed by atoms with E-state index in [1.807, 2.05) is 37.3 Å². The molecule has 0 saturated carbocycles. The molecule has 0 aliphatic heterocycles. The Balaban J connectivity index is 1.79. The first kappa shape index (κ1) is 16.0. The molecule has 2 rings (SSSR count). The zero-order chi connectivity index (χ0) is 15.9. The smallest absolute Gasteiger partial charge is 0.338 e. The van der Waals surface area contributed by atoms with Gasteiger partial charge in [0.25, 0.3) is 5.91 Å². The predicted octanol–water partition coefficient (Wildman–Crippen LogP) is 3.12. The Labute approximate surface area is 134 Å². The molecule has 0 aliphatic rings. The van der Waals surface area contributed by atoms with Crippen LogP contribution in [-0.4, -0.2) is 18.5 Å². The molecule has 2 aromatic carbocycles. The number of carbonyl (C=O) groups is 2. The van der Waals surface area contributed by atoms with Crippen LogP contribution in [0.4, 0.5) is 0 Å². The van der Waals surface area contributed by atoms with E-state index >= 15 is 0 Å². The molecule has 0 saturated heterocycles. The van der Waals surface area contributed by atoms with Crippen molar-refractivity contribution in [1.29, 1.82) is 0 Å². The number of amides is 1. The Morgan fingerprint density at radius 1 is 1.09 bits per heavy atom. The topological polar surface area (TPSA) is 55.4 Å². The average Bonchev–Trinajstić information content (AvgIpc) is 2.52. The van der Waals surface area contributed by atoms with Crippen molar-refractivity contribution in [2.75, 3.05) is 6.61 Å². The lowest BCUT2D eigenvalue weighted by Crippen LogP contribution is -2.28. The monoisotopic (exact) mass is 317 g/mol. The minimum Gasteiger partial charge on any atom is -0.452 e. The van der Waals surface area contributed by atoms with Crippen molar-refractivity contribution < 1.29 is 14.3 Å². The lowest BCUT2D eigenvalue weighted by atomic mass is 10.1. The molecule has 22 heavy (non-hydrogen) atoms. The number of esters is 1. The first-order valence-electron chi connectivity index (χ1n) is 6.80. The van der Waals surface area contributed by atoms with Gasteiger partial charge in [-0.1, -0.05) is 47.5 Å². The van der Waals surface area contributed by atoms with Crippen LogP contribution >= 0.6 is 11.6 Å². The van der Waals surface area contributed by atoms with E-state index in [-0.39, 0.29) is 12.5 Å². The molecule has 0 heterocycles. The standard InChI is InChI=1S/C17H16ClNO3/c1-12-6-8-13(9-7-12)17(21)22-11-16(20)19-10-14-4-2-3-5-15(14)18/h2-9H,10-11H2,1H3,(H,19,20). The average molecular weight is 318 g/mol. The second kappa shape index (κ2) is 7.61. The van der Waals surface area contributed by atoms with Crippen molar-refractivity contribution >= 4 is 23.5 Å². The van der Waals surface area contributed by atoms with Crippen molar-refractivity contribution in [2.24, 2.45) is 0 Å². The van der Waals surface area contributed by atoms with Crippen LogP contribution in [0.1, 0.15) is 21.5 Å². The number of carbonyl (C=O) groups excluding carboxylic acids is 2. The predicted molar refractivity (Wildman–Crippen MR) is 84.8 cm³/mol. The number of hydrogen-bond donors (Lipinski definition) is 1. The molecule has 2 aromatic rings. The number of halogens is 1. The fourth-order valence-corrected chi connectivity index (χ4v) is 1.99. The SMILES string of the molecule is Cc1ccc(C(=O)OCC(=O)NCc2ccccc2Cl)cc1. The summed E-state index contributed by atoms with van der Waals surface area (Å²) in [6.07, 6.45) is 0. The first-order chi connectivity index (χ1) is 10.6. The largest absolute Gasteiger partial charge is 0.452 e. The van der Waals surface area contributed by atoms with Crippen molar-refractivity contribution in [1.82, 2.24) is 5.32 Å². The van der Waals surface area contributed by atoms with Gasteiger partial charge in [-0.3, -0.25) is 4.79 Å². The number of benzene rings is 2. The molecule has 114 valence electrons. The highest BCUT2D eigenvalue weighted by molar-refractivity contribution is 6.31. The maximum absolute atomic E-state index is 11.8. The highest BCUT2D eigenvalue weighted by Crippen LogP contribution is 2.14. The molecule has 0 aromatic heterocycles. The van der Waals surface area contributed by atoms with Crippen LogP contribution in [0.5, 0.6) is 0 Å². The Bertz CT molecular complexity index is 668. The summed E-state index contributed by atoms with van der Waals surface area (Å²) in [5.74, 6) is -0.895. The summed E-state index contributed by atoms with van der Waals surface area (Å²) in [5.41, 5.74) is 2.28. The highest BCUT2D eigenvalue weighted by atomic mass is 35.5. The molecule has 0 atom stereocenters. The van der Waals surface area contributed by atoms with Crippen LogP contribution in [0, 0.1) is 6.92 Å².